The van der Waals surface area contributed by atoms with Crippen molar-refractivity contribution in [2.24, 2.45) is 11.8 Å². The van der Waals surface area contributed by atoms with Crippen LogP contribution in [0.5, 0.6) is 0 Å². The van der Waals surface area contributed by atoms with E-state index in [0.29, 0.717) is 6.10 Å². The van der Waals surface area contributed by atoms with E-state index in [1.54, 1.807) is 0 Å². The molecule has 2 aliphatic rings. The second-order valence-corrected chi connectivity index (χ2v) is 5.44. The smallest absolute Gasteiger partial charge is 0.0613 e. The third-order valence-electron chi connectivity index (χ3n) is 3.18. The molecular formula is C11H20O. The molecule has 2 bridgehead atoms. The normalized spacial score (nSPS) is 40.8. The molecule has 0 amide bonds. The first-order valence-corrected chi connectivity index (χ1v) is 5.22. The minimum absolute atomic E-state index is 0.0646. The van der Waals surface area contributed by atoms with Crippen LogP contribution in [0.15, 0.2) is 0 Å². The van der Waals surface area contributed by atoms with Gasteiger partial charge in [0.15, 0.2) is 0 Å². The number of hydrogen-bond acceptors (Lipinski definition) is 1. The molecule has 1 nitrogen and oxygen atoms in total. The molecule has 12 heavy (non-hydrogen) atoms. The van der Waals surface area contributed by atoms with Crippen molar-refractivity contribution in [3.05, 3.63) is 0 Å². The highest BCUT2D eigenvalue weighted by Gasteiger charge is 2.41. The standard InChI is InChI=1S/C11H20O/c1-11(2,3)12-10-7-8-4-5-9(10)6-8/h8-10H,4-7H2,1-3H3/t8-,9+,10+/m1/s1. The van der Waals surface area contributed by atoms with Gasteiger partial charge >= 0.3 is 0 Å². The second kappa shape index (κ2) is 2.73. The monoisotopic (exact) mass is 168 g/mol. The van der Waals surface area contributed by atoms with Gasteiger partial charge in [-0.25, -0.2) is 0 Å². The van der Waals surface area contributed by atoms with E-state index in [-0.39, 0.29) is 5.60 Å². The minimum Gasteiger partial charge on any atom is -0.372 e. The summed E-state index contributed by atoms with van der Waals surface area (Å²) in [6.45, 7) is 6.50. The highest BCUT2D eigenvalue weighted by molar-refractivity contribution is 4.91. The molecule has 0 aromatic rings. The van der Waals surface area contributed by atoms with Crippen LogP contribution in [0.25, 0.3) is 0 Å². The van der Waals surface area contributed by atoms with E-state index in [2.05, 4.69) is 20.8 Å². The van der Waals surface area contributed by atoms with E-state index >= 15 is 0 Å². The summed E-state index contributed by atoms with van der Waals surface area (Å²) in [6, 6.07) is 0. The molecule has 3 atom stereocenters. The fraction of sp³-hybridized carbons (Fsp3) is 1.00. The Morgan fingerprint density at radius 3 is 2.25 bits per heavy atom. The summed E-state index contributed by atoms with van der Waals surface area (Å²) in [4.78, 5) is 0. The molecule has 0 aliphatic heterocycles. The van der Waals surface area contributed by atoms with Crippen molar-refractivity contribution in [1.29, 1.82) is 0 Å². The lowest BCUT2D eigenvalue weighted by Gasteiger charge is -2.30. The third-order valence-corrected chi connectivity index (χ3v) is 3.18. The van der Waals surface area contributed by atoms with Crippen molar-refractivity contribution in [1.82, 2.24) is 0 Å². The van der Waals surface area contributed by atoms with Crippen LogP contribution in [-0.4, -0.2) is 11.7 Å². The van der Waals surface area contributed by atoms with Crippen LogP contribution in [0, 0.1) is 11.8 Å². The van der Waals surface area contributed by atoms with Gasteiger partial charge < -0.3 is 4.74 Å². The second-order valence-electron chi connectivity index (χ2n) is 5.44. The van der Waals surface area contributed by atoms with Gasteiger partial charge in [0.25, 0.3) is 0 Å². The topological polar surface area (TPSA) is 9.23 Å². The van der Waals surface area contributed by atoms with E-state index in [9.17, 15) is 0 Å². The number of hydrogen-bond donors (Lipinski definition) is 0. The molecule has 0 heterocycles. The minimum atomic E-state index is 0.0646. The van der Waals surface area contributed by atoms with Crippen molar-refractivity contribution in [2.75, 3.05) is 0 Å². The maximum atomic E-state index is 6.03. The van der Waals surface area contributed by atoms with E-state index in [0.717, 1.165) is 11.8 Å². The summed E-state index contributed by atoms with van der Waals surface area (Å²) in [7, 11) is 0. The quantitative estimate of drug-likeness (QED) is 0.585. The van der Waals surface area contributed by atoms with E-state index in [1.807, 2.05) is 0 Å². The zero-order valence-corrected chi connectivity index (χ0v) is 8.47. The molecule has 0 unspecified atom stereocenters. The molecule has 2 aliphatic carbocycles. The molecule has 0 N–H and O–H groups in total. The van der Waals surface area contributed by atoms with Gasteiger partial charge in [0.1, 0.15) is 0 Å². The van der Waals surface area contributed by atoms with Gasteiger partial charge in [-0.2, -0.15) is 0 Å². The molecule has 2 rings (SSSR count). The lowest BCUT2D eigenvalue weighted by molar-refractivity contribution is -0.0815. The molecular weight excluding hydrogens is 148 g/mol. The molecule has 2 saturated carbocycles. The van der Waals surface area contributed by atoms with E-state index in [1.165, 1.54) is 25.7 Å². The maximum absolute atomic E-state index is 6.03. The zero-order chi connectivity index (χ0) is 8.77. The molecule has 1 heteroatoms. The average molecular weight is 168 g/mol. The van der Waals surface area contributed by atoms with Gasteiger partial charge in [0.05, 0.1) is 11.7 Å². The van der Waals surface area contributed by atoms with Crippen LogP contribution in [0.3, 0.4) is 0 Å². The van der Waals surface area contributed by atoms with Gasteiger partial charge in [0.2, 0.25) is 0 Å². The summed E-state index contributed by atoms with van der Waals surface area (Å²) in [5.41, 5.74) is 0.0646. The van der Waals surface area contributed by atoms with Gasteiger partial charge in [0, 0.05) is 0 Å². The Hall–Kier alpha value is -0.0400. The Morgan fingerprint density at radius 2 is 1.83 bits per heavy atom. The third kappa shape index (κ3) is 1.66. The molecule has 0 saturated heterocycles. The average Bonchev–Trinajstić information content (AvgIpc) is 2.42. The Bertz CT molecular complexity index is 168. The van der Waals surface area contributed by atoms with Crippen molar-refractivity contribution >= 4 is 0 Å². The summed E-state index contributed by atoms with van der Waals surface area (Å²) in [5, 5.41) is 0. The lowest BCUT2D eigenvalue weighted by atomic mass is 9.97. The van der Waals surface area contributed by atoms with Crippen LogP contribution in [0.4, 0.5) is 0 Å². The molecule has 0 spiro atoms. The predicted molar refractivity (Wildman–Crippen MR) is 50.1 cm³/mol. The van der Waals surface area contributed by atoms with E-state index in [4.69, 9.17) is 4.74 Å². The summed E-state index contributed by atoms with van der Waals surface area (Å²) in [5.74, 6) is 1.90. The lowest BCUT2D eigenvalue weighted by Crippen LogP contribution is -2.30. The van der Waals surface area contributed by atoms with Crippen LogP contribution < -0.4 is 0 Å². The van der Waals surface area contributed by atoms with E-state index < -0.39 is 0 Å². The molecule has 2 fully saturated rings. The van der Waals surface area contributed by atoms with Crippen molar-refractivity contribution in [3.8, 4) is 0 Å². The maximum Gasteiger partial charge on any atom is 0.0613 e. The SMILES string of the molecule is CC(C)(C)O[C@H]1C[C@@H]2CC[C@H]1C2. The first-order chi connectivity index (χ1) is 5.54. The Morgan fingerprint density at radius 1 is 1.08 bits per heavy atom. The first kappa shape index (κ1) is 8.55. The Kier molecular flexibility index (Phi) is 1.95. The number of ether oxygens (including phenoxy) is 1. The van der Waals surface area contributed by atoms with Crippen LogP contribution in [-0.2, 0) is 4.74 Å². The highest BCUT2D eigenvalue weighted by Crippen LogP contribution is 2.46. The Balaban J connectivity index is 1.91. The Labute approximate surface area is 75.5 Å². The first-order valence-electron chi connectivity index (χ1n) is 5.22. The van der Waals surface area contributed by atoms with Gasteiger partial charge in [-0.1, -0.05) is 0 Å². The molecule has 0 aromatic carbocycles. The molecule has 70 valence electrons. The summed E-state index contributed by atoms with van der Waals surface area (Å²) in [6.07, 6.45) is 6.26. The van der Waals surface area contributed by atoms with Crippen molar-refractivity contribution in [2.45, 2.75) is 58.2 Å². The van der Waals surface area contributed by atoms with Crippen molar-refractivity contribution < 1.29 is 4.74 Å². The van der Waals surface area contributed by atoms with Gasteiger partial charge in [-0.05, 0) is 58.3 Å². The number of rotatable bonds is 1. The van der Waals surface area contributed by atoms with Crippen molar-refractivity contribution in [3.63, 3.8) is 0 Å². The fourth-order valence-corrected chi connectivity index (χ4v) is 2.78. The zero-order valence-electron chi connectivity index (χ0n) is 8.47. The van der Waals surface area contributed by atoms with Crippen LogP contribution >= 0.6 is 0 Å². The molecule has 0 aromatic heterocycles. The summed E-state index contributed by atoms with van der Waals surface area (Å²) >= 11 is 0. The van der Waals surface area contributed by atoms with Gasteiger partial charge in [-0.15, -0.1) is 0 Å². The predicted octanol–water partition coefficient (Wildman–Crippen LogP) is 2.99. The summed E-state index contributed by atoms with van der Waals surface area (Å²) < 4.78 is 6.03. The van der Waals surface area contributed by atoms with Crippen LogP contribution in [0.2, 0.25) is 0 Å². The van der Waals surface area contributed by atoms with Crippen LogP contribution in [0.1, 0.15) is 46.5 Å². The number of fused-ring (bicyclic) bond motifs is 2. The fourth-order valence-electron chi connectivity index (χ4n) is 2.78. The van der Waals surface area contributed by atoms with Gasteiger partial charge in [-0.3, -0.25) is 0 Å². The largest absolute Gasteiger partial charge is 0.372 e. The highest BCUT2D eigenvalue weighted by atomic mass is 16.5. The molecule has 0 radical (unpaired) electrons.